The van der Waals surface area contributed by atoms with Crippen molar-refractivity contribution < 1.29 is 14.3 Å². The van der Waals surface area contributed by atoms with Gasteiger partial charge in [0.2, 0.25) is 0 Å². The first-order chi connectivity index (χ1) is 16.5. The van der Waals surface area contributed by atoms with Crippen LogP contribution in [0.3, 0.4) is 0 Å². The first-order valence-corrected chi connectivity index (χ1v) is 11.3. The molecule has 1 fully saturated rings. The number of ether oxygens (including phenoxy) is 1. The Morgan fingerprint density at radius 1 is 1.12 bits per heavy atom. The van der Waals surface area contributed by atoms with Crippen LogP contribution < -0.4 is 5.73 Å². The molecule has 2 aromatic carbocycles. The van der Waals surface area contributed by atoms with E-state index in [0.717, 1.165) is 29.7 Å². The molecule has 2 heterocycles. The summed E-state index contributed by atoms with van der Waals surface area (Å²) in [5, 5.41) is 7.68. The van der Waals surface area contributed by atoms with Crippen molar-refractivity contribution >= 4 is 17.7 Å². The van der Waals surface area contributed by atoms with Crippen LogP contribution in [-0.2, 0) is 16.0 Å². The van der Waals surface area contributed by atoms with Crippen LogP contribution >= 0.6 is 0 Å². The minimum atomic E-state index is -0.508. The molecule has 0 aliphatic carbocycles. The van der Waals surface area contributed by atoms with Gasteiger partial charge in [-0.15, -0.1) is 0 Å². The molecule has 1 aliphatic heterocycles. The van der Waals surface area contributed by atoms with Crippen LogP contribution in [0.5, 0.6) is 0 Å². The second-order valence-corrected chi connectivity index (χ2v) is 8.45. The van der Waals surface area contributed by atoms with E-state index in [9.17, 15) is 9.59 Å². The first-order valence-electron chi connectivity index (χ1n) is 11.3. The molecule has 1 aromatic heterocycles. The number of rotatable bonds is 7. The minimum Gasteiger partial charge on any atom is -0.469 e. The van der Waals surface area contributed by atoms with Gasteiger partial charge in [0, 0.05) is 35.5 Å². The van der Waals surface area contributed by atoms with Gasteiger partial charge in [-0.1, -0.05) is 36.4 Å². The highest BCUT2D eigenvalue weighted by Crippen LogP contribution is 2.30. The number of amidine groups is 1. The van der Waals surface area contributed by atoms with E-state index in [1.165, 1.54) is 7.11 Å². The van der Waals surface area contributed by atoms with E-state index in [-0.39, 0.29) is 23.8 Å². The number of esters is 1. The fourth-order valence-electron chi connectivity index (χ4n) is 4.59. The smallest absolute Gasteiger partial charge is 0.311 e. The standard InChI is InChI=1S/C27H28N4O3/c1-34-27(33)22(17-18-6-4-7-21(16-18)25(28)29)24-9-5-15-31(24)26(32)20-12-10-19(11-13-20)23-8-2-3-14-30-23/h2-4,6-8,10-14,16,22,24H,5,9,15,17H2,1H3,(H3,28,29). The number of nitrogens with two attached hydrogens (primary N) is 1. The number of amides is 1. The average Bonchev–Trinajstić information content (AvgIpc) is 3.37. The number of hydrogen-bond donors (Lipinski definition) is 2. The summed E-state index contributed by atoms with van der Waals surface area (Å²) in [4.78, 5) is 32.4. The zero-order chi connectivity index (χ0) is 24.1. The molecule has 3 N–H and O–H groups in total. The Morgan fingerprint density at radius 3 is 2.59 bits per heavy atom. The second kappa shape index (κ2) is 10.3. The van der Waals surface area contributed by atoms with E-state index in [4.69, 9.17) is 15.9 Å². The minimum absolute atomic E-state index is 0.0247. The van der Waals surface area contributed by atoms with Gasteiger partial charge in [-0.05, 0) is 55.2 Å². The highest BCUT2D eigenvalue weighted by Gasteiger charge is 2.39. The van der Waals surface area contributed by atoms with Crippen LogP contribution in [0.25, 0.3) is 11.3 Å². The zero-order valence-corrected chi connectivity index (χ0v) is 19.1. The molecule has 174 valence electrons. The maximum absolute atomic E-state index is 13.4. The van der Waals surface area contributed by atoms with Gasteiger partial charge in [-0.3, -0.25) is 20.0 Å². The Bertz CT molecular complexity index is 1180. The van der Waals surface area contributed by atoms with Gasteiger partial charge >= 0.3 is 5.97 Å². The summed E-state index contributed by atoms with van der Waals surface area (Å²) in [6, 6.07) is 20.2. The summed E-state index contributed by atoms with van der Waals surface area (Å²) in [7, 11) is 1.37. The van der Waals surface area contributed by atoms with Crippen molar-refractivity contribution in [2.75, 3.05) is 13.7 Å². The molecule has 0 saturated carbocycles. The van der Waals surface area contributed by atoms with Crippen molar-refractivity contribution in [2.24, 2.45) is 11.7 Å². The van der Waals surface area contributed by atoms with Gasteiger partial charge in [-0.2, -0.15) is 0 Å². The molecule has 34 heavy (non-hydrogen) atoms. The highest BCUT2D eigenvalue weighted by atomic mass is 16.5. The van der Waals surface area contributed by atoms with E-state index < -0.39 is 5.92 Å². The van der Waals surface area contributed by atoms with Crippen LogP contribution in [0.4, 0.5) is 0 Å². The zero-order valence-electron chi connectivity index (χ0n) is 19.1. The number of nitrogens with one attached hydrogen (secondary N) is 1. The Balaban J connectivity index is 1.56. The van der Waals surface area contributed by atoms with E-state index in [0.29, 0.717) is 24.1 Å². The summed E-state index contributed by atoms with van der Waals surface area (Å²) < 4.78 is 5.12. The summed E-state index contributed by atoms with van der Waals surface area (Å²) in [5.41, 5.74) is 9.47. The second-order valence-electron chi connectivity index (χ2n) is 8.45. The molecule has 1 amide bonds. The number of likely N-dealkylation sites (tertiary alicyclic amines) is 1. The van der Waals surface area contributed by atoms with Crippen LogP contribution in [0.15, 0.2) is 72.9 Å². The fourth-order valence-corrected chi connectivity index (χ4v) is 4.59. The van der Waals surface area contributed by atoms with Crippen molar-refractivity contribution in [3.63, 3.8) is 0 Å². The normalized spacial score (nSPS) is 16.1. The fraction of sp³-hybridized carbons (Fsp3) is 0.259. The number of aromatic nitrogens is 1. The highest BCUT2D eigenvalue weighted by molar-refractivity contribution is 5.96. The quantitative estimate of drug-likeness (QED) is 0.320. The maximum Gasteiger partial charge on any atom is 0.311 e. The molecule has 0 radical (unpaired) electrons. The molecule has 4 rings (SSSR count). The largest absolute Gasteiger partial charge is 0.469 e. The lowest BCUT2D eigenvalue weighted by molar-refractivity contribution is -0.147. The molecule has 2 atom stereocenters. The summed E-state index contributed by atoms with van der Waals surface area (Å²) in [6.07, 6.45) is 3.69. The molecular weight excluding hydrogens is 428 g/mol. The predicted octanol–water partition coefficient (Wildman–Crippen LogP) is 3.67. The van der Waals surface area contributed by atoms with Crippen molar-refractivity contribution in [1.82, 2.24) is 9.88 Å². The maximum atomic E-state index is 13.4. The molecule has 2 unspecified atom stereocenters. The van der Waals surface area contributed by atoms with Gasteiger partial charge in [0.25, 0.3) is 5.91 Å². The van der Waals surface area contributed by atoms with E-state index >= 15 is 0 Å². The van der Waals surface area contributed by atoms with Gasteiger partial charge in [-0.25, -0.2) is 0 Å². The molecule has 0 spiro atoms. The van der Waals surface area contributed by atoms with Crippen molar-refractivity contribution in [3.8, 4) is 11.3 Å². The van der Waals surface area contributed by atoms with E-state index in [2.05, 4.69) is 4.98 Å². The molecule has 0 bridgehead atoms. The van der Waals surface area contributed by atoms with Gasteiger partial charge < -0.3 is 15.4 Å². The van der Waals surface area contributed by atoms with E-state index in [1.54, 1.807) is 17.2 Å². The Labute approximate surface area is 199 Å². The monoisotopic (exact) mass is 456 g/mol. The number of methoxy groups -OCH3 is 1. The topological polar surface area (TPSA) is 109 Å². The van der Waals surface area contributed by atoms with Crippen LogP contribution in [0, 0.1) is 11.3 Å². The third-order valence-corrected chi connectivity index (χ3v) is 6.31. The lowest BCUT2D eigenvalue weighted by Crippen LogP contribution is -2.44. The van der Waals surface area contributed by atoms with Crippen LogP contribution in [0.2, 0.25) is 0 Å². The number of nitrogen functional groups attached to an aromatic ring is 1. The Kier molecular flexibility index (Phi) is 7.01. The molecule has 7 nitrogen and oxygen atoms in total. The number of carbonyl (C=O) groups is 2. The number of pyridine rings is 1. The van der Waals surface area contributed by atoms with Gasteiger partial charge in [0.1, 0.15) is 5.84 Å². The third-order valence-electron chi connectivity index (χ3n) is 6.31. The average molecular weight is 457 g/mol. The van der Waals surface area contributed by atoms with Gasteiger partial charge in [0.05, 0.1) is 18.7 Å². The lowest BCUT2D eigenvalue weighted by atomic mass is 9.89. The summed E-state index contributed by atoms with van der Waals surface area (Å²) in [5.74, 6) is -0.973. The first kappa shape index (κ1) is 23.2. The van der Waals surface area contributed by atoms with Crippen molar-refractivity contribution in [3.05, 3.63) is 89.6 Å². The Morgan fingerprint density at radius 2 is 1.91 bits per heavy atom. The Hall–Kier alpha value is -4.00. The number of nitrogens with zero attached hydrogens (tertiary/aromatic N) is 2. The number of carbonyl (C=O) groups excluding carboxylic acids is 2. The number of hydrogen-bond acceptors (Lipinski definition) is 5. The molecular formula is C27H28N4O3. The van der Waals surface area contributed by atoms with Crippen LogP contribution in [-0.4, -0.2) is 47.3 Å². The van der Waals surface area contributed by atoms with Crippen LogP contribution in [0.1, 0.15) is 34.3 Å². The summed E-state index contributed by atoms with van der Waals surface area (Å²) in [6.45, 7) is 0.590. The molecule has 1 aliphatic rings. The molecule has 3 aromatic rings. The lowest BCUT2D eigenvalue weighted by Gasteiger charge is -2.30. The van der Waals surface area contributed by atoms with Crippen molar-refractivity contribution in [2.45, 2.75) is 25.3 Å². The van der Waals surface area contributed by atoms with E-state index in [1.807, 2.05) is 60.7 Å². The van der Waals surface area contributed by atoms with Gasteiger partial charge in [0.15, 0.2) is 0 Å². The molecule has 1 saturated heterocycles. The number of benzene rings is 2. The summed E-state index contributed by atoms with van der Waals surface area (Å²) >= 11 is 0. The third kappa shape index (κ3) is 4.98. The van der Waals surface area contributed by atoms with Crippen molar-refractivity contribution in [1.29, 1.82) is 5.41 Å². The predicted molar refractivity (Wildman–Crippen MR) is 130 cm³/mol. The SMILES string of the molecule is COC(=O)C(Cc1cccc(C(=N)N)c1)C1CCCN1C(=O)c1ccc(-c2ccccn2)cc1. The molecule has 7 heteroatoms.